The smallest absolute Gasteiger partial charge is 0.255 e. The fraction of sp³-hybridized carbons (Fsp3) is 0.533. The predicted octanol–water partition coefficient (Wildman–Crippen LogP) is 0.744. The Kier molecular flexibility index (Phi) is 5.11. The normalized spacial score (nSPS) is 22.4. The van der Waals surface area contributed by atoms with Crippen LogP contribution in [0.5, 0.6) is 0 Å². The van der Waals surface area contributed by atoms with Crippen molar-refractivity contribution in [1.29, 1.82) is 0 Å². The van der Waals surface area contributed by atoms with Gasteiger partial charge in [-0.05, 0) is 19.0 Å². The van der Waals surface area contributed by atoms with Gasteiger partial charge in [-0.2, -0.15) is 0 Å². The summed E-state index contributed by atoms with van der Waals surface area (Å²) in [6.07, 6.45) is 0. The second kappa shape index (κ2) is 6.83. The molecule has 1 aromatic rings. The van der Waals surface area contributed by atoms with Gasteiger partial charge in [0.1, 0.15) is 6.04 Å². The molecule has 1 aliphatic rings. The zero-order chi connectivity index (χ0) is 14.5. The minimum Gasteiger partial charge on any atom is -0.298 e. The van der Waals surface area contributed by atoms with Gasteiger partial charge in [0.15, 0.2) is 0 Å². The molecule has 1 aliphatic heterocycles. The van der Waals surface area contributed by atoms with E-state index in [2.05, 4.69) is 29.1 Å². The van der Waals surface area contributed by atoms with Gasteiger partial charge in [0.05, 0.1) is 0 Å². The Bertz CT molecular complexity index is 437. The van der Waals surface area contributed by atoms with Crippen molar-refractivity contribution in [3.63, 3.8) is 0 Å². The van der Waals surface area contributed by atoms with Crippen molar-refractivity contribution >= 4 is 5.91 Å². The maximum absolute atomic E-state index is 12.2. The number of hydrogen-bond acceptors (Lipinski definition) is 4. The van der Waals surface area contributed by atoms with Gasteiger partial charge < -0.3 is 0 Å². The van der Waals surface area contributed by atoms with Crippen LogP contribution in [0.3, 0.4) is 0 Å². The maximum atomic E-state index is 12.2. The molecule has 0 spiro atoms. The highest BCUT2D eigenvalue weighted by molar-refractivity contribution is 5.82. The third-order valence-electron chi connectivity index (χ3n) is 4.07. The Morgan fingerprint density at radius 3 is 2.65 bits per heavy atom. The van der Waals surface area contributed by atoms with Crippen molar-refractivity contribution in [2.75, 3.05) is 26.2 Å². The average molecular weight is 276 g/mol. The highest BCUT2D eigenvalue weighted by atomic mass is 16.2. The first kappa shape index (κ1) is 15.0. The van der Waals surface area contributed by atoms with Gasteiger partial charge in [0.25, 0.3) is 5.91 Å². The third-order valence-corrected chi connectivity index (χ3v) is 4.07. The molecule has 0 radical (unpaired) electrons. The highest BCUT2D eigenvalue weighted by Gasteiger charge is 2.32. The molecular formula is C15H24N4O. The van der Waals surface area contributed by atoms with Crippen molar-refractivity contribution in [3.05, 3.63) is 35.9 Å². The largest absolute Gasteiger partial charge is 0.298 e. The van der Waals surface area contributed by atoms with E-state index in [9.17, 15) is 4.79 Å². The summed E-state index contributed by atoms with van der Waals surface area (Å²) in [4.78, 5) is 16.8. The van der Waals surface area contributed by atoms with Crippen LogP contribution in [0, 0.1) is 0 Å². The van der Waals surface area contributed by atoms with E-state index in [1.165, 1.54) is 0 Å². The molecule has 5 heteroatoms. The van der Waals surface area contributed by atoms with Crippen molar-refractivity contribution < 1.29 is 4.79 Å². The van der Waals surface area contributed by atoms with Gasteiger partial charge in [-0.25, -0.2) is 5.84 Å². The van der Waals surface area contributed by atoms with Crippen LogP contribution in [0.2, 0.25) is 0 Å². The molecule has 1 aromatic carbocycles. The van der Waals surface area contributed by atoms with Gasteiger partial charge in [-0.3, -0.25) is 20.0 Å². The summed E-state index contributed by atoms with van der Waals surface area (Å²) in [5.74, 6) is 5.22. The van der Waals surface area contributed by atoms with Crippen LogP contribution in [0.4, 0.5) is 0 Å². The summed E-state index contributed by atoms with van der Waals surface area (Å²) < 4.78 is 0. The van der Waals surface area contributed by atoms with E-state index in [4.69, 9.17) is 5.84 Å². The molecule has 1 saturated heterocycles. The number of likely N-dealkylation sites (N-methyl/N-ethyl adjacent to an activating group) is 1. The number of rotatable bonds is 4. The molecule has 2 atom stereocenters. The number of nitrogens with one attached hydrogen (secondary N) is 1. The minimum absolute atomic E-state index is 0.145. The summed E-state index contributed by atoms with van der Waals surface area (Å²) in [5.41, 5.74) is 3.30. The second-order valence-corrected chi connectivity index (χ2v) is 5.29. The zero-order valence-electron chi connectivity index (χ0n) is 12.2. The van der Waals surface area contributed by atoms with E-state index in [-0.39, 0.29) is 11.9 Å². The molecule has 0 bridgehead atoms. The standard InChI is InChI=1S/C15H24N4O/c1-3-18-9-10-19(11-12(18)2)14(15(20)17-16)13-7-5-4-6-8-13/h4-8,12,14H,3,9-11,16H2,1-2H3,(H,17,20). The number of piperazine rings is 1. The molecule has 2 rings (SSSR count). The molecule has 0 aliphatic carbocycles. The monoisotopic (exact) mass is 276 g/mol. The Hall–Kier alpha value is -1.43. The number of benzene rings is 1. The van der Waals surface area contributed by atoms with Crippen LogP contribution in [-0.2, 0) is 4.79 Å². The van der Waals surface area contributed by atoms with Gasteiger partial charge in [0.2, 0.25) is 0 Å². The van der Waals surface area contributed by atoms with Crippen LogP contribution in [0.25, 0.3) is 0 Å². The van der Waals surface area contributed by atoms with E-state index in [1.807, 2.05) is 30.3 Å². The molecule has 1 fully saturated rings. The predicted molar refractivity (Wildman–Crippen MR) is 79.8 cm³/mol. The fourth-order valence-corrected chi connectivity index (χ4v) is 2.97. The fourth-order valence-electron chi connectivity index (χ4n) is 2.97. The third kappa shape index (κ3) is 3.17. The molecule has 20 heavy (non-hydrogen) atoms. The Morgan fingerprint density at radius 2 is 2.10 bits per heavy atom. The number of hydrogen-bond donors (Lipinski definition) is 2. The average Bonchev–Trinajstić information content (AvgIpc) is 2.48. The van der Waals surface area contributed by atoms with E-state index in [0.717, 1.165) is 31.7 Å². The number of nitrogens with zero attached hydrogens (tertiary/aromatic N) is 2. The number of nitrogens with two attached hydrogens (primary N) is 1. The molecule has 1 heterocycles. The van der Waals surface area contributed by atoms with Crippen LogP contribution >= 0.6 is 0 Å². The van der Waals surface area contributed by atoms with Crippen molar-refractivity contribution in [3.8, 4) is 0 Å². The van der Waals surface area contributed by atoms with Crippen molar-refractivity contribution in [2.24, 2.45) is 5.84 Å². The molecular weight excluding hydrogens is 252 g/mol. The van der Waals surface area contributed by atoms with Crippen molar-refractivity contribution in [2.45, 2.75) is 25.9 Å². The van der Waals surface area contributed by atoms with Gasteiger partial charge in [0, 0.05) is 25.7 Å². The Balaban J connectivity index is 2.18. The lowest BCUT2D eigenvalue weighted by Gasteiger charge is -2.42. The first-order valence-electron chi connectivity index (χ1n) is 7.20. The maximum Gasteiger partial charge on any atom is 0.255 e. The molecule has 3 N–H and O–H groups in total. The molecule has 110 valence electrons. The van der Waals surface area contributed by atoms with E-state index < -0.39 is 0 Å². The summed E-state index contributed by atoms with van der Waals surface area (Å²) in [6, 6.07) is 9.98. The van der Waals surface area contributed by atoms with Crippen LogP contribution < -0.4 is 11.3 Å². The van der Waals surface area contributed by atoms with Crippen LogP contribution in [-0.4, -0.2) is 47.9 Å². The summed E-state index contributed by atoms with van der Waals surface area (Å²) in [7, 11) is 0. The quantitative estimate of drug-likeness (QED) is 0.484. The molecule has 1 amide bonds. The molecule has 0 aromatic heterocycles. The summed E-state index contributed by atoms with van der Waals surface area (Å²) in [6.45, 7) is 8.17. The number of hydrazine groups is 1. The first-order chi connectivity index (χ1) is 9.67. The Morgan fingerprint density at radius 1 is 1.40 bits per heavy atom. The molecule has 0 saturated carbocycles. The van der Waals surface area contributed by atoms with Crippen LogP contribution in [0.1, 0.15) is 25.5 Å². The van der Waals surface area contributed by atoms with Crippen molar-refractivity contribution in [1.82, 2.24) is 15.2 Å². The van der Waals surface area contributed by atoms with Gasteiger partial charge in [-0.15, -0.1) is 0 Å². The summed E-state index contributed by atoms with van der Waals surface area (Å²) >= 11 is 0. The first-order valence-corrected chi connectivity index (χ1v) is 7.20. The van der Waals surface area contributed by atoms with Gasteiger partial charge in [-0.1, -0.05) is 37.3 Å². The van der Waals surface area contributed by atoms with Crippen LogP contribution in [0.15, 0.2) is 30.3 Å². The summed E-state index contributed by atoms with van der Waals surface area (Å²) in [5, 5.41) is 0. The van der Waals surface area contributed by atoms with E-state index in [0.29, 0.717) is 6.04 Å². The lowest BCUT2D eigenvalue weighted by Crippen LogP contribution is -2.55. The highest BCUT2D eigenvalue weighted by Crippen LogP contribution is 2.24. The minimum atomic E-state index is -0.303. The molecule has 2 unspecified atom stereocenters. The van der Waals surface area contributed by atoms with E-state index >= 15 is 0 Å². The van der Waals surface area contributed by atoms with Gasteiger partial charge >= 0.3 is 0 Å². The SMILES string of the molecule is CCN1CCN(C(C(=O)NN)c2ccccc2)CC1C. The molecule has 5 nitrogen and oxygen atoms in total. The number of carbonyl (C=O) groups is 1. The lowest BCUT2D eigenvalue weighted by atomic mass is 10.0. The topological polar surface area (TPSA) is 61.6 Å². The lowest BCUT2D eigenvalue weighted by molar-refractivity contribution is -0.128. The number of carbonyl (C=O) groups excluding carboxylic acids is 1. The zero-order valence-corrected chi connectivity index (χ0v) is 12.2. The second-order valence-electron chi connectivity index (χ2n) is 5.29. The van der Waals surface area contributed by atoms with E-state index in [1.54, 1.807) is 0 Å². The Labute approximate surface area is 120 Å². The number of amides is 1.